The second-order valence-corrected chi connectivity index (χ2v) is 8.98. The molecule has 0 saturated carbocycles. The maximum atomic E-state index is 13.0. The number of nitrogens with zero attached hydrogens (tertiary/aromatic N) is 1. The Labute approximate surface area is 145 Å². The van der Waals surface area contributed by atoms with E-state index in [2.05, 4.69) is 23.5 Å². The summed E-state index contributed by atoms with van der Waals surface area (Å²) in [6, 6.07) is 0. The van der Waals surface area contributed by atoms with Crippen LogP contribution in [0.1, 0.15) is 32.4 Å². The minimum absolute atomic E-state index is 0.114. The lowest BCUT2D eigenvalue weighted by Gasteiger charge is -2.16. The van der Waals surface area contributed by atoms with E-state index in [9.17, 15) is 13.2 Å². The number of amides is 1. The standard InChI is InChI=1S/C15H19ClN2O3S2/c1-6-7-12(10(4)16)11(5)23(20,21)14-13(9(2)3)18-15(22-14)17-8-19/h6-9,11H,1,4H2,2-3,5H3,(H,17,18,19)/b12-7+. The van der Waals surface area contributed by atoms with Crippen molar-refractivity contribution in [2.24, 2.45) is 0 Å². The quantitative estimate of drug-likeness (QED) is 0.553. The number of hydrogen-bond acceptors (Lipinski definition) is 5. The molecule has 0 radical (unpaired) electrons. The highest BCUT2D eigenvalue weighted by atomic mass is 35.5. The lowest BCUT2D eigenvalue weighted by atomic mass is 10.2. The average Bonchev–Trinajstić information content (AvgIpc) is 2.89. The van der Waals surface area contributed by atoms with Gasteiger partial charge in [0.25, 0.3) is 0 Å². The number of aromatic nitrogens is 1. The molecule has 0 saturated heterocycles. The number of hydrogen-bond donors (Lipinski definition) is 1. The topological polar surface area (TPSA) is 76.1 Å². The molecule has 23 heavy (non-hydrogen) atoms. The van der Waals surface area contributed by atoms with Crippen molar-refractivity contribution < 1.29 is 13.2 Å². The number of thiazole rings is 1. The van der Waals surface area contributed by atoms with E-state index >= 15 is 0 Å². The average molecular weight is 375 g/mol. The Hall–Kier alpha value is -1.44. The first kappa shape index (κ1) is 19.6. The number of allylic oxidation sites excluding steroid dienone is 3. The highest BCUT2D eigenvalue weighted by Gasteiger charge is 2.33. The third-order valence-electron chi connectivity index (χ3n) is 3.12. The molecule has 1 rings (SSSR count). The molecule has 126 valence electrons. The van der Waals surface area contributed by atoms with Crippen LogP contribution in [0.15, 0.2) is 40.1 Å². The zero-order chi connectivity index (χ0) is 17.8. The molecule has 0 aliphatic rings. The Balaban J connectivity index is 3.48. The van der Waals surface area contributed by atoms with Gasteiger partial charge in [-0.05, 0) is 18.4 Å². The van der Waals surface area contributed by atoms with E-state index in [0.717, 1.165) is 11.3 Å². The summed E-state index contributed by atoms with van der Waals surface area (Å²) in [5.74, 6) is -0.114. The van der Waals surface area contributed by atoms with Gasteiger partial charge in [-0.25, -0.2) is 13.4 Å². The lowest BCUT2D eigenvalue weighted by molar-refractivity contribution is -0.105. The molecule has 1 atom stereocenters. The van der Waals surface area contributed by atoms with E-state index in [1.54, 1.807) is 0 Å². The Morgan fingerprint density at radius 1 is 1.39 bits per heavy atom. The van der Waals surface area contributed by atoms with Crippen LogP contribution in [0.25, 0.3) is 0 Å². The molecule has 1 unspecified atom stereocenters. The van der Waals surface area contributed by atoms with Crippen LogP contribution < -0.4 is 5.32 Å². The molecule has 5 nitrogen and oxygen atoms in total. The minimum Gasteiger partial charge on any atom is -0.305 e. The van der Waals surface area contributed by atoms with Crippen LogP contribution in [-0.2, 0) is 14.6 Å². The maximum Gasteiger partial charge on any atom is 0.213 e. The summed E-state index contributed by atoms with van der Waals surface area (Å²) in [7, 11) is -3.74. The molecular weight excluding hydrogens is 356 g/mol. The number of rotatable bonds is 8. The number of halogens is 1. The number of anilines is 1. The molecule has 0 fully saturated rings. The van der Waals surface area contributed by atoms with Gasteiger partial charge in [0.2, 0.25) is 6.41 Å². The summed E-state index contributed by atoms with van der Waals surface area (Å²) in [4.78, 5) is 14.8. The van der Waals surface area contributed by atoms with Gasteiger partial charge >= 0.3 is 0 Å². The van der Waals surface area contributed by atoms with Crippen LogP contribution in [0, 0.1) is 0 Å². The molecule has 1 heterocycles. The van der Waals surface area contributed by atoms with Crippen LogP contribution in [0.5, 0.6) is 0 Å². The van der Waals surface area contributed by atoms with Crippen molar-refractivity contribution in [1.82, 2.24) is 4.98 Å². The third-order valence-corrected chi connectivity index (χ3v) is 7.00. The molecule has 1 aromatic rings. The lowest BCUT2D eigenvalue weighted by Crippen LogP contribution is -2.21. The van der Waals surface area contributed by atoms with E-state index < -0.39 is 15.1 Å². The van der Waals surface area contributed by atoms with E-state index in [1.165, 1.54) is 19.1 Å². The van der Waals surface area contributed by atoms with Gasteiger partial charge in [-0.15, -0.1) is 0 Å². The maximum absolute atomic E-state index is 13.0. The summed E-state index contributed by atoms with van der Waals surface area (Å²) >= 11 is 6.85. The van der Waals surface area contributed by atoms with Crippen molar-refractivity contribution in [1.29, 1.82) is 0 Å². The molecule has 0 aromatic carbocycles. The van der Waals surface area contributed by atoms with Crippen molar-refractivity contribution in [3.05, 3.63) is 41.6 Å². The molecule has 1 aromatic heterocycles. The van der Waals surface area contributed by atoms with Gasteiger partial charge < -0.3 is 5.32 Å². The fraction of sp³-hybridized carbons (Fsp3) is 0.333. The zero-order valence-corrected chi connectivity index (χ0v) is 15.6. The van der Waals surface area contributed by atoms with E-state index in [-0.39, 0.29) is 20.3 Å². The number of sulfone groups is 1. The van der Waals surface area contributed by atoms with Crippen LogP contribution in [-0.4, -0.2) is 25.1 Å². The molecule has 0 aliphatic carbocycles. The second-order valence-electron chi connectivity index (χ2n) is 5.06. The molecule has 1 amide bonds. The summed E-state index contributed by atoms with van der Waals surface area (Å²) in [5.41, 5.74) is 0.791. The monoisotopic (exact) mass is 374 g/mol. The summed E-state index contributed by atoms with van der Waals surface area (Å²) in [5, 5.41) is 1.88. The van der Waals surface area contributed by atoms with Gasteiger partial charge in [0.05, 0.1) is 10.9 Å². The second kappa shape index (κ2) is 7.90. The number of nitrogens with one attached hydrogen (secondary N) is 1. The Morgan fingerprint density at radius 2 is 2.00 bits per heavy atom. The van der Waals surface area contributed by atoms with Gasteiger partial charge in [0.1, 0.15) is 4.21 Å². The Bertz CT molecular complexity index is 749. The molecule has 0 bridgehead atoms. The van der Waals surface area contributed by atoms with Crippen LogP contribution >= 0.6 is 22.9 Å². The molecule has 8 heteroatoms. The summed E-state index contributed by atoms with van der Waals surface area (Å²) in [6.07, 6.45) is 3.45. The predicted molar refractivity (Wildman–Crippen MR) is 95.8 cm³/mol. The smallest absolute Gasteiger partial charge is 0.213 e. The number of carbonyl (C=O) groups excluding carboxylic acids is 1. The Morgan fingerprint density at radius 3 is 2.43 bits per heavy atom. The van der Waals surface area contributed by atoms with Gasteiger partial charge in [-0.1, -0.05) is 62.1 Å². The SMILES string of the molecule is C=C/C=C(\C(=C)Cl)C(C)S(=O)(=O)c1sc(NC=O)nc1C(C)C. The Kier molecular flexibility index (Phi) is 6.73. The van der Waals surface area contributed by atoms with Crippen molar-refractivity contribution >= 4 is 44.3 Å². The fourth-order valence-electron chi connectivity index (χ4n) is 1.90. The normalized spacial score (nSPS) is 13.7. The molecule has 0 aliphatic heterocycles. The van der Waals surface area contributed by atoms with Crippen LogP contribution in [0.4, 0.5) is 5.13 Å². The fourth-order valence-corrected chi connectivity index (χ4v) is 5.59. The third kappa shape index (κ3) is 4.31. The van der Waals surface area contributed by atoms with Gasteiger partial charge in [-0.3, -0.25) is 4.79 Å². The highest BCUT2D eigenvalue weighted by molar-refractivity contribution is 7.94. The zero-order valence-electron chi connectivity index (χ0n) is 13.2. The highest BCUT2D eigenvalue weighted by Crippen LogP contribution is 2.36. The molecular formula is C15H19ClN2O3S2. The van der Waals surface area contributed by atoms with Crippen LogP contribution in [0.3, 0.4) is 0 Å². The summed E-state index contributed by atoms with van der Waals surface area (Å²) in [6.45, 7) is 12.4. The van der Waals surface area contributed by atoms with Crippen molar-refractivity contribution in [2.45, 2.75) is 36.1 Å². The van der Waals surface area contributed by atoms with E-state index in [4.69, 9.17) is 11.6 Å². The first-order valence-corrected chi connectivity index (χ1v) is 9.53. The first-order valence-electron chi connectivity index (χ1n) is 6.79. The van der Waals surface area contributed by atoms with Crippen LogP contribution in [0.2, 0.25) is 0 Å². The van der Waals surface area contributed by atoms with E-state index in [1.807, 2.05) is 13.8 Å². The van der Waals surface area contributed by atoms with Gasteiger partial charge in [0.15, 0.2) is 15.0 Å². The minimum atomic E-state index is -3.74. The van der Waals surface area contributed by atoms with Crippen molar-refractivity contribution in [2.75, 3.05) is 5.32 Å². The predicted octanol–water partition coefficient (Wildman–Crippen LogP) is 3.86. The first-order chi connectivity index (χ1) is 10.7. The largest absolute Gasteiger partial charge is 0.305 e. The van der Waals surface area contributed by atoms with Gasteiger partial charge in [0, 0.05) is 5.03 Å². The molecule has 1 N–H and O–H groups in total. The van der Waals surface area contributed by atoms with E-state index in [0.29, 0.717) is 17.7 Å². The molecule has 0 spiro atoms. The summed E-state index contributed by atoms with van der Waals surface area (Å²) < 4.78 is 26.1. The van der Waals surface area contributed by atoms with Gasteiger partial charge in [-0.2, -0.15) is 0 Å². The van der Waals surface area contributed by atoms with Crippen molar-refractivity contribution in [3.63, 3.8) is 0 Å². The number of carbonyl (C=O) groups is 1. The van der Waals surface area contributed by atoms with Crippen molar-refractivity contribution in [3.8, 4) is 0 Å².